The smallest absolute Gasteiger partial charge is 0.330 e. The zero-order valence-corrected chi connectivity index (χ0v) is 11.9. The molecule has 0 unspecified atom stereocenters. The van der Waals surface area contributed by atoms with Crippen LogP contribution < -0.4 is 11.2 Å². The van der Waals surface area contributed by atoms with E-state index in [0.29, 0.717) is 12.0 Å². The fourth-order valence-electron chi connectivity index (χ4n) is 1.98. The number of aromatic nitrogens is 2. The number of H-pyrrole nitrogens is 1. The van der Waals surface area contributed by atoms with Gasteiger partial charge in [-0.25, -0.2) is 4.79 Å². The van der Waals surface area contributed by atoms with Gasteiger partial charge < -0.3 is 4.74 Å². The number of hydrogen-bond donors (Lipinski definition) is 1. The Bertz CT molecular complexity index is 531. The summed E-state index contributed by atoms with van der Waals surface area (Å²) in [5.41, 5.74) is -1.12. The van der Waals surface area contributed by atoms with Crippen LogP contribution in [0.1, 0.15) is 32.8 Å². The molecule has 0 spiro atoms. The maximum atomic E-state index is 12.3. The van der Waals surface area contributed by atoms with Crippen molar-refractivity contribution in [3.05, 3.63) is 31.6 Å². The van der Waals surface area contributed by atoms with Crippen molar-refractivity contribution >= 4 is 11.6 Å². The predicted octanol–water partition coefficient (Wildman–Crippen LogP) is 1.52. The van der Waals surface area contributed by atoms with Crippen LogP contribution in [0.25, 0.3) is 0 Å². The Hall–Kier alpha value is -1.07. The van der Waals surface area contributed by atoms with Crippen molar-refractivity contribution in [1.82, 2.24) is 9.55 Å². The van der Waals surface area contributed by atoms with Crippen LogP contribution in [0, 0.1) is 0 Å². The molecular formula is C12H19ClN2O3. The van der Waals surface area contributed by atoms with E-state index >= 15 is 0 Å². The highest BCUT2D eigenvalue weighted by atomic mass is 35.5. The molecule has 6 heteroatoms. The van der Waals surface area contributed by atoms with Crippen LogP contribution >= 0.6 is 11.6 Å². The Balaban J connectivity index is 3.50. The lowest BCUT2D eigenvalue weighted by atomic mass is 10.1. The largest absolute Gasteiger partial charge is 0.382 e. The van der Waals surface area contributed by atoms with Gasteiger partial charge >= 0.3 is 5.69 Å². The molecular weight excluding hydrogens is 256 g/mol. The van der Waals surface area contributed by atoms with E-state index in [9.17, 15) is 9.59 Å². The monoisotopic (exact) mass is 274 g/mol. The number of rotatable bonds is 5. The molecule has 0 aliphatic heterocycles. The number of nitrogens with zero attached hydrogens (tertiary/aromatic N) is 1. The van der Waals surface area contributed by atoms with E-state index in [-0.39, 0.29) is 17.3 Å². The van der Waals surface area contributed by atoms with Crippen molar-refractivity contribution < 1.29 is 4.74 Å². The Morgan fingerprint density at radius 3 is 2.50 bits per heavy atom. The molecule has 0 bridgehead atoms. The second kappa shape index (κ2) is 5.71. The zero-order valence-electron chi connectivity index (χ0n) is 11.2. The zero-order chi connectivity index (χ0) is 13.9. The van der Waals surface area contributed by atoms with Gasteiger partial charge in [-0.1, -0.05) is 24.9 Å². The molecule has 0 saturated heterocycles. The van der Waals surface area contributed by atoms with Crippen molar-refractivity contribution in [3.8, 4) is 0 Å². The van der Waals surface area contributed by atoms with Gasteiger partial charge in [-0.05, 0) is 20.3 Å². The molecule has 0 aromatic carbocycles. The molecule has 0 amide bonds. The van der Waals surface area contributed by atoms with Gasteiger partial charge in [0, 0.05) is 7.11 Å². The Labute approximate surface area is 111 Å². The summed E-state index contributed by atoms with van der Waals surface area (Å²) in [6.45, 7) is 5.77. The van der Waals surface area contributed by atoms with Crippen LogP contribution in [-0.4, -0.2) is 23.3 Å². The lowest BCUT2D eigenvalue weighted by Gasteiger charge is -2.26. The lowest BCUT2D eigenvalue weighted by Crippen LogP contribution is -2.49. The first kappa shape index (κ1) is 15.0. The van der Waals surface area contributed by atoms with E-state index in [1.807, 2.05) is 6.92 Å². The van der Waals surface area contributed by atoms with Crippen LogP contribution in [-0.2, 0) is 16.7 Å². The summed E-state index contributed by atoms with van der Waals surface area (Å²) in [4.78, 5) is 26.7. The van der Waals surface area contributed by atoms with Crippen molar-refractivity contribution in [2.45, 2.75) is 39.2 Å². The summed E-state index contributed by atoms with van der Waals surface area (Å²) >= 11 is 5.91. The first-order valence-corrected chi connectivity index (χ1v) is 6.26. The molecule has 0 fully saturated rings. The number of hydrogen-bond acceptors (Lipinski definition) is 3. The van der Waals surface area contributed by atoms with Gasteiger partial charge in [-0.3, -0.25) is 14.3 Å². The summed E-state index contributed by atoms with van der Waals surface area (Å²) in [7, 11) is 1.53. The van der Waals surface area contributed by atoms with Crippen molar-refractivity contribution in [1.29, 1.82) is 0 Å². The summed E-state index contributed by atoms with van der Waals surface area (Å²) in [6.07, 6.45) is 1.32. The summed E-state index contributed by atoms with van der Waals surface area (Å²) in [5, 5.41) is 0.135. The second-order valence-corrected chi connectivity index (χ2v) is 5.24. The van der Waals surface area contributed by atoms with Crippen LogP contribution in [0.2, 0.25) is 5.15 Å². The summed E-state index contributed by atoms with van der Waals surface area (Å²) < 4.78 is 6.23. The van der Waals surface area contributed by atoms with E-state index in [1.165, 1.54) is 11.7 Å². The quantitative estimate of drug-likeness (QED) is 0.828. The fourth-order valence-corrected chi connectivity index (χ4v) is 2.24. The molecule has 0 saturated carbocycles. The topological polar surface area (TPSA) is 64.1 Å². The molecule has 1 N–H and O–H groups in total. The third kappa shape index (κ3) is 2.84. The molecule has 0 aliphatic carbocycles. The van der Waals surface area contributed by atoms with Crippen LogP contribution in [0.15, 0.2) is 9.59 Å². The standard InChI is InChI=1S/C12H19ClN2O3/c1-5-6-8-9(13)14-11(17)15(10(8)16)12(2,3)7-18-4/h5-7H2,1-4H3,(H,14,17). The minimum Gasteiger partial charge on any atom is -0.382 e. The third-order valence-electron chi connectivity index (χ3n) is 2.75. The van der Waals surface area contributed by atoms with Crippen molar-refractivity contribution in [2.75, 3.05) is 13.7 Å². The van der Waals surface area contributed by atoms with E-state index in [2.05, 4.69) is 4.98 Å². The highest BCUT2D eigenvalue weighted by Gasteiger charge is 2.26. The van der Waals surface area contributed by atoms with E-state index < -0.39 is 11.2 Å². The molecule has 1 aromatic rings. The molecule has 0 atom stereocenters. The van der Waals surface area contributed by atoms with Gasteiger partial charge in [-0.2, -0.15) is 0 Å². The average molecular weight is 275 g/mol. The van der Waals surface area contributed by atoms with Gasteiger partial charge in [-0.15, -0.1) is 0 Å². The molecule has 0 radical (unpaired) electrons. The number of aromatic amines is 1. The van der Waals surface area contributed by atoms with E-state index in [4.69, 9.17) is 16.3 Å². The molecule has 102 valence electrons. The van der Waals surface area contributed by atoms with Gasteiger partial charge in [0.05, 0.1) is 17.7 Å². The molecule has 1 heterocycles. The number of methoxy groups -OCH3 is 1. The number of ether oxygens (including phenoxy) is 1. The second-order valence-electron chi connectivity index (χ2n) is 4.86. The van der Waals surface area contributed by atoms with Crippen LogP contribution in [0.4, 0.5) is 0 Å². The van der Waals surface area contributed by atoms with Gasteiger partial charge in [0.1, 0.15) is 5.15 Å². The Morgan fingerprint density at radius 1 is 1.39 bits per heavy atom. The number of halogens is 1. The van der Waals surface area contributed by atoms with Crippen LogP contribution in [0.3, 0.4) is 0 Å². The minimum absolute atomic E-state index is 0.135. The van der Waals surface area contributed by atoms with E-state index in [1.54, 1.807) is 13.8 Å². The maximum Gasteiger partial charge on any atom is 0.330 e. The molecule has 1 aromatic heterocycles. The normalized spacial score (nSPS) is 11.8. The maximum absolute atomic E-state index is 12.3. The summed E-state index contributed by atoms with van der Waals surface area (Å²) in [5.74, 6) is 0. The molecule has 18 heavy (non-hydrogen) atoms. The Kier molecular flexibility index (Phi) is 4.76. The first-order valence-electron chi connectivity index (χ1n) is 5.88. The third-order valence-corrected chi connectivity index (χ3v) is 3.07. The van der Waals surface area contributed by atoms with Gasteiger partial charge in [0.25, 0.3) is 5.56 Å². The minimum atomic E-state index is -0.716. The average Bonchev–Trinajstić information content (AvgIpc) is 2.23. The van der Waals surface area contributed by atoms with Gasteiger partial charge in [0.15, 0.2) is 0 Å². The lowest BCUT2D eigenvalue weighted by molar-refractivity contribution is 0.104. The highest BCUT2D eigenvalue weighted by molar-refractivity contribution is 6.30. The molecule has 5 nitrogen and oxygen atoms in total. The van der Waals surface area contributed by atoms with E-state index in [0.717, 1.165) is 6.42 Å². The fraction of sp³-hybridized carbons (Fsp3) is 0.667. The predicted molar refractivity (Wildman–Crippen MR) is 71.5 cm³/mol. The number of nitrogens with one attached hydrogen (secondary N) is 1. The van der Waals surface area contributed by atoms with Crippen LogP contribution in [0.5, 0.6) is 0 Å². The SMILES string of the molecule is CCCc1c(Cl)[nH]c(=O)n(C(C)(C)COC)c1=O. The van der Waals surface area contributed by atoms with Gasteiger partial charge in [0.2, 0.25) is 0 Å². The highest BCUT2D eigenvalue weighted by Crippen LogP contribution is 2.13. The Morgan fingerprint density at radius 2 is 2.00 bits per heavy atom. The molecule has 1 rings (SSSR count). The first-order chi connectivity index (χ1) is 8.35. The van der Waals surface area contributed by atoms with Crippen molar-refractivity contribution in [2.24, 2.45) is 0 Å². The molecule has 0 aliphatic rings. The van der Waals surface area contributed by atoms with Crippen molar-refractivity contribution in [3.63, 3.8) is 0 Å². The summed E-state index contributed by atoms with van der Waals surface area (Å²) in [6, 6.07) is 0.